The number of nitrogens with one attached hydrogen (secondary N) is 1. The number of aliphatic imine (C=N–C) groups is 1. The summed E-state index contributed by atoms with van der Waals surface area (Å²) in [5.74, 6) is 0.962. The minimum atomic E-state index is -0.214. The Morgan fingerprint density at radius 3 is 2.33 bits per heavy atom. The number of carbonyl (C=O) groups is 1. The number of rotatable bonds is 3. The van der Waals surface area contributed by atoms with Crippen LogP contribution in [0.5, 0.6) is 0 Å². The van der Waals surface area contributed by atoms with E-state index >= 15 is 0 Å². The number of nitrogens with zero attached hydrogens (tertiary/aromatic N) is 1. The van der Waals surface area contributed by atoms with Crippen molar-refractivity contribution < 1.29 is 4.79 Å². The van der Waals surface area contributed by atoms with E-state index in [0.717, 1.165) is 15.7 Å². The Bertz CT molecular complexity index is 752. The first-order valence-electron chi connectivity index (χ1n) is 7.27. The van der Waals surface area contributed by atoms with Crippen molar-refractivity contribution in [1.82, 2.24) is 5.32 Å². The molecule has 0 bridgehead atoms. The fraction of sp³-hybridized carbons (Fsp3) is 0. The van der Waals surface area contributed by atoms with E-state index in [1.807, 2.05) is 55.3 Å². The van der Waals surface area contributed by atoms with Crippen molar-refractivity contribution in [3.8, 4) is 0 Å². The molecule has 0 atom stereocenters. The molecule has 1 N–H and O–H groups in total. The van der Waals surface area contributed by atoms with Gasteiger partial charge in [0.2, 0.25) is 0 Å². The van der Waals surface area contributed by atoms with Gasteiger partial charge in [-0.3, -0.25) is 0 Å². The van der Waals surface area contributed by atoms with Gasteiger partial charge < -0.3 is 0 Å². The van der Waals surface area contributed by atoms with Gasteiger partial charge in [0.05, 0.1) is 0 Å². The minimum absolute atomic E-state index is 0.214. The summed E-state index contributed by atoms with van der Waals surface area (Å²) in [6.07, 6.45) is 8.15. The van der Waals surface area contributed by atoms with E-state index in [-0.39, 0.29) is 5.91 Å². The van der Waals surface area contributed by atoms with E-state index in [4.69, 9.17) is 0 Å². The quantitative estimate of drug-likeness (QED) is 0.437. The van der Waals surface area contributed by atoms with E-state index in [2.05, 4.69) is 55.1 Å². The van der Waals surface area contributed by atoms with E-state index in [1.54, 1.807) is 6.07 Å². The Hall–Kier alpha value is -1.42. The van der Waals surface area contributed by atoms with Crippen LogP contribution in [0.1, 0.15) is 15.9 Å². The fourth-order valence-electron chi connectivity index (χ4n) is 2.25. The first-order chi connectivity index (χ1) is 11.6. The summed E-state index contributed by atoms with van der Waals surface area (Å²) in [6, 6.07) is 15.1. The standard InChI is InChI=1S/C19H13BrN2OSe/c20-17-8-4-3-7-16(17)18(23)22-19(24)21-15-11-9-14(10-12-15)13-5-1-2-6-13/h1-12H,(H,21,22,23). The number of hydrogen-bond acceptors (Lipinski definition) is 2. The summed E-state index contributed by atoms with van der Waals surface area (Å²) in [5.41, 5.74) is 2.47. The zero-order valence-electron chi connectivity index (χ0n) is 12.6. The molecule has 24 heavy (non-hydrogen) atoms. The van der Waals surface area contributed by atoms with Crippen LogP contribution in [0.25, 0.3) is 0 Å². The fourth-order valence-corrected chi connectivity index (χ4v) is 3.13. The van der Waals surface area contributed by atoms with Crippen molar-refractivity contribution in [3.05, 3.63) is 95.7 Å². The number of carbonyl (C=O) groups excluding carboxylic acids is 1. The van der Waals surface area contributed by atoms with Crippen LogP contribution in [0.2, 0.25) is 0 Å². The molecule has 5 heteroatoms. The summed E-state index contributed by atoms with van der Waals surface area (Å²) in [5, 5.41) is 2.75. The molecule has 1 amide bonds. The second kappa shape index (κ2) is 8.11. The third-order valence-corrected chi connectivity index (χ3v) is 4.53. The van der Waals surface area contributed by atoms with Crippen molar-refractivity contribution in [1.29, 1.82) is 0 Å². The number of amidine groups is 1. The number of halogens is 1. The van der Waals surface area contributed by atoms with Crippen LogP contribution in [-0.2, 0) is 0 Å². The van der Waals surface area contributed by atoms with Crippen LogP contribution in [0, 0.1) is 31.6 Å². The molecule has 1 aliphatic carbocycles. The molecule has 1 saturated carbocycles. The van der Waals surface area contributed by atoms with Crippen molar-refractivity contribution in [2.75, 3.05) is 0 Å². The van der Waals surface area contributed by atoms with Gasteiger partial charge in [0.15, 0.2) is 0 Å². The molecule has 0 unspecified atom stereocenters. The molecule has 2 aromatic carbocycles. The van der Waals surface area contributed by atoms with Crippen LogP contribution in [-0.4, -0.2) is 26.7 Å². The van der Waals surface area contributed by atoms with Gasteiger partial charge >= 0.3 is 159 Å². The van der Waals surface area contributed by atoms with Crippen molar-refractivity contribution in [2.45, 2.75) is 0 Å². The molecule has 0 spiro atoms. The first kappa shape index (κ1) is 17.4. The number of amides is 1. The Morgan fingerprint density at radius 2 is 1.67 bits per heavy atom. The number of hydrogen-bond donors (Lipinski definition) is 1. The maximum atomic E-state index is 12.2. The first-order valence-corrected chi connectivity index (χ1v) is 8.92. The second-order valence-electron chi connectivity index (χ2n) is 5.07. The Balaban J connectivity index is 1.67. The molecule has 3 rings (SSSR count). The second-order valence-corrected chi connectivity index (χ2v) is 6.74. The Kier molecular flexibility index (Phi) is 5.88. The van der Waals surface area contributed by atoms with Crippen molar-refractivity contribution in [3.63, 3.8) is 0 Å². The third kappa shape index (κ3) is 4.35. The van der Waals surface area contributed by atoms with Gasteiger partial charge in [-0.1, -0.05) is 0 Å². The molecule has 6 radical (unpaired) electrons. The van der Waals surface area contributed by atoms with Crippen LogP contribution < -0.4 is 5.32 Å². The van der Waals surface area contributed by atoms with Gasteiger partial charge in [-0.15, -0.1) is 0 Å². The Labute approximate surface area is 158 Å². The summed E-state index contributed by atoms with van der Waals surface area (Å²) in [4.78, 5) is 16.6. The van der Waals surface area contributed by atoms with Crippen LogP contribution in [0.3, 0.4) is 0 Å². The van der Waals surface area contributed by atoms with E-state index in [1.165, 1.54) is 5.92 Å². The average molecular weight is 444 g/mol. The summed E-state index contributed by atoms with van der Waals surface area (Å²) < 4.78 is 1.17. The normalized spacial score (nSPS) is 15.5. The molecule has 0 aliphatic heterocycles. The van der Waals surface area contributed by atoms with Gasteiger partial charge in [0.1, 0.15) is 0 Å². The van der Waals surface area contributed by atoms with Crippen LogP contribution in [0.4, 0.5) is 5.69 Å². The van der Waals surface area contributed by atoms with Gasteiger partial charge in [0.25, 0.3) is 0 Å². The zero-order chi connectivity index (χ0) is 16.9. The molecule has 2 aromatic rings. The molecule has 3 nitrogen and oxygen atoms in total. The van der Waals surface area contributed by atoms with Crippen LogP contribution in [0.15, 0.2) is 58.0 Å². The van der Waals surface area contributed by atoms with E-state index in [0.29, 0.717) is 10.3 Å². The summed E-state index contributed by atoms with van der Waals surface area (Å²) in [7, 11) is 0. The molecular weight excluding hydrogens is 431 g/mol. The van der Waals surface area contributed by atoms with Crippen molar-refractivity contribution in [2.24, 2.45) is 4.99 Å². The maximum absolute atomic E-state index is 12.2. The Morgan fingerprint density at radius 1 is 1.00 bits per heavy atom. The SMILES string of the molecule is O=C(NC([Se])=Nc1ccc([C]2[CH][CH][CH][CH]2)cc1)c1ccccc1Br. The molecular formula is C19H13BrN2OSe. The van der Waals surface area contributed by atoms with Crippen molar-refractivity contribution >= 4 is 48.3 Å². The van der Waals surface area contributed by atoms with Gasteiger partial charge in [-0.25, -0.2) is 0 Å². The van der Waals surface area contributed by atoms with E-state index in [9.17, 15) is 4.79 Å². The molecule has 1 fully saturated rings. The molecule has 1 aliphatic rings. The summed E-state index contributed by atoms with van der Waals surface area (Å²) >= 11 is 6.16. The van der Waals surface area contributed by atoms with Gasteiger partial charge in [0, 0.05) is 0 Å². The van der Waals surface area contributed by atoms with Gasteiger partial charge in [-0.05, 0) is 0 Å². The van der Waals surface area contributed by atoms with Gasteiger partial charge in [-0.2, -0.15) is 0 Å². The topological polar surface area (TPSA) is 41.5 Å². The monoisotopic (exact) mass is 444 g/mol. The van der Waals surface area contributed by atoms with Crippen LogP contribution >= 0.6 is 15.9 Å². The predicted molar refractivity (Wildman–Crippen MR) is 100 cm³/mol. The number of benzene rings is 2. The predicted octanol–water partition coefficient (Wildman–Crippen LogP) is 3.79. The molecule has 0 heterocycles. The third-order valence-electron chi connectivity index (χ3n) is 3.43. The zero-order valence-corrected chi connectivity index (χ0v) is 15.9. The van der Waals surface area contributed by atoms with E-state index < -0.39 is 0 Å². The summed E-state index contributed by atoms with van der Waals surface area (Å²) in [6.45, 7) is 0. The average Bonchev–Trinajstić information content (AvgIpc) is 3.10. The molecule has 0 aromatic heterocycles. The molecule has 0 saturated heterocycles. The molecule has 118 valence electrons.